The predicted octanol–water partition coefficient (Wildman–Crippen LogP) is 8.32. The lowest BCUT2D eigenvalue weighted by atomic mass is 9.80. The second-order valence-corrected chi connectivity index (χ2v) is 10.8. The van der Waals surface area contributed by atoms with Crippen molar-refractivity contribution in [2.24, 2.45) is 10.5 Å². The molecule has 200 valence electrons. The molecule has 1 heterocycles. The fourth-order valence-electron chi connectivity index (χ4n) is 5.02. The van der Waals surface area contributed by atoms with Gasteiger partial charge >= 0.3 is 0 Å². The molecule has 2 N–H and O–H groups in total. The van der Waals surface area contributed by atoms with Crippen LogP contribution in [0.3, 0.4) is 0 Å². The Kier molecular flexibility index (Phi) is 10.9. The van der Waals surface area contributed by atoms with E-state index in [9.17, 15) is 0 Å². The summed E-state index contributed by atoms with van der Waals surface area (Å²) < 4.78 is 0. The lowest BCUT2D eigenvalue weighted by Crippen LogP contribution is -2.30. The summed E-state index contributed by atoms with van der Waals surface area (Å²) in [5.74, 6) is 0.220. The van der Waals surface area contributed by atoms with E-state index in [-0.39, 0.29) is 5.92 Å². The van der Waals surface area contributed by atoms with E-state index in [1.807, 2.05) is 7.05 Å². The number of rotatable bonds is 15. The number of allylic oxidation sites excluding steroid dienone is 2. The van der Waals surface area contributed by atoms with Crippen molar-refractivity contribution in [3.8, 4) is 0 Å². The van der Waals surface area contributed by atoms with Crippen LogP contribution in [0, 0.1) is 5.41 Å². The molecule has 37 heavy (non-hydrogen) atoms. The van der Waals surface area contributed by atoms with Crippen LogP contribution >= 0.6 is 0 Å². The summed E-state index contributed by atoms with van der Waals surface area (Å²) >= 11 is 0. The van der Waals surface area contributed by atoms with E-state index in [4.69, 9.17) is 5.10 Å². The van der Waals surface area contributed by atoms with E-state index in [0.717, 1.165) is 55.9 Å². The molecule has 4 nitrogen and oxygen atoms in total. The number of hydrogen-bond acceptors (Lipinski definition) is 4. The highest BCUT2D eigenvalue weighted by molar-refractivity contribution is 6.05. The molecule has 0 aromatic heterocycles. The Bertz CT molecular complexity index is 1020. The molecule has 0 saturated heterocycles. The molecule has 4 heteroatoms. The van der Waals surface area contributed by atoms with Crippen LogP contribution in [0.25, 0.3) is 0 Å². The molecule has 1 unspecified atom stereocenters. The van der Waals surface area contributed by atoms with Crippen molar-refractivity contribution in [1.29, 1.82) is 0 Å². The molecular formula is C33H48N4. The maximum atomic E-state index is 5.15. The monoisotopic (exact) mass is 500 g/mol. The quantitative estimate of drug-likeness (QED) is 0.242. The third-order valence-corrected chi connectivity index (χ3v) is 8.17. The Morgan fingerprint density at radius 3 is 2.38 bits per heavy atom. The van der Waals surface area contributed by atoms with Crippen LogP contribution in [0.4, 0.5) is 5.69 Å². The normalized spacial score (nSPS) is 15.9. The first-order valence-corrected chi connectivity index (χ1v) is 14.2. The fraction of sp³-hybridized carbons (Fsp3) is 0.485. The predicted molar refractivity (Wildman–Crippen MR) is 161 cm³/mol. The fourth-order valence-corrected chi connectivity index (χ4v) is 5.02. The van der Waals surface area contributed by atoms with Crippen LogP contribution in [0.5, 0.6) is 0 Å². The number of unbranched alkanes of at least 4 members (excludes halogenated alkanes) is 1. The van der Waals surface area contributed by atoms with Crippen molar-refractivity contribution in [3.63, 3.8) is 0 Å². The Hall–Kier alpha value is -3.01. The molecule has 0 aliphatic carbocycles. The highest BCUT2D eigenvalue weighted by Gasteiger charge is 2.28. The molecule has 3 rings (SSSR count). The van der Waals surface area contributed by atoms with Crippen molar-refractivity contribution < 1.29 is 0 Å². The van der Waals surface area contributed by atoms with Gasteiger partial charge in [0.2, 0.25) is 0 Å². The molecule has 1 atom stereocenters. The zero-order valence-corrected chi connectivity index (χ0v) is 23.7. The Morgan fingerprint density at radius 1 is 1.03 bits per heavy atom. The average molecular weight is 501 g/mol. The number of anilines is 1. The summed E-state index contributed by atoms with van der Waals surface area (Å²) in [6, 6.07) is 19.3. The second kappa shape index (κ2) is 14.1. The van der Waals surface area contributed by atoms with Crippen LogP contribution in [0.15, 0.2) is 84.3 Å². The lowest BCUT2D eigenvalue weighted by Gasteiger charge is -2.33. The molecule has 1 aliphatic rings. The van der Waals surface area contributed by atoms with Gasteiger partial charge in [-0.15, -0.1) is 0 Å². The first-order valence-electron chi connectivity index (χ1n) is 14.2. The van der Waals surface area contributed by atoms with Crippen LogP contribution in [0.1, 0.15) is 89.2 Å². The molecule has 0 spiro atoms. The van der Waals surface area contributed by atoms with Crippen molar-refractivity contribution in [3.05, 3.63) is 90.3 Å². The van der Waals surface area contributed by atoms with Gasteiger partial charge in [-0.05, 0) is 60.8 Å². The summed E-state index contributed by atoms with van der Waals surface area (Å²) in [5, 5.41) is 14.0. The van der Waals surface area contributed by atoms with Gasteiger partial charge in [0.1, 0.15) is 0 Å². The van der Waals surface area contributed by atoms with Crippen LogP contribution in [-0.4, -0.2) is 30.9 Å². The molecular weight excluding hydrogens is 452 g/mol. The minimum atomic E-state index is 0.220. The second-order valence-electron chi connectivity index (χ2n) is 10.8. The maximum Gasteiger partial charge on any atom is 0.0760 e. The third kappa shape index (κ3) is 8.24. The standard InChI is InChI=1S/C33H48N4/c1-7-33(5,8-2)22-14-15-26(3)35-23-12-13-24-37-27(4)25-31(28-16-10-9-11-17-28)32(36-37)29-18-20-30(34-6)21-19-29/h9-11,16-21,31,34-35H,3-4,7-8,12-15,22-25H2,1-2,5-6H3. The average Bonchev–Trinajstić information content (AvgIpc) is 2.93. The van der Waals surface area contributed by atoms with Gasteiger partial charge in [-0.2, -0.15) is 5.10 Å². The summed E-state index contributed by atoms with van der Waals surface area (Å²) in [5.41, 5.74) is 7.44. The van der Waals surface area contributed by atoms with Gasteiger partial charge in [0.05, 0.1) is 5.71 Å². The molecule has 0 amide bonds. The highest BCUT2D eigenvalue weighted by atomic mass is 15.5. The van der Waals surface area contributed by atoms with Gasteiger partial charge in [-0.1, -0.05) is 89.2 Å². The maximum absolute atomic E-state index is 5.15. The first-order chi connectivity index (χ1) is 17.9. The van der Waals surface area contributed by atoms with Gasteiger partial charge in [0.15, 0.2) is 0 Å². The molecule has 2 aromatic rings. The van der Waals surface area contributed by atoms with Gasteiger partial charge < -0.3 is 10.6 Å². The zero-order chi connectivity index (χ0) is 26.7. The van der Waals surface area contributed by atoms with Crippen molar-refractivity contribution in [1.82, 2.24) is 10.3 Å². The van der Waals surface area contributed by atoms with Crippen LogP contribution in [0.2, 0.25) is 0 Å². The van der Waals surface area contributed by atoms with Gasteiger partial charge in [0, 0.05) is 49.6 Å². The van der Waals surface area contributed by atoms with E-state index in [1.54, 1.807) is 0 Å². The molecule has 0 fully saturated rings. The van der Waals surface area contributed by atoms with Crippen molar-refractivity contribution >= 4 is 11.4 Å². The number of nitrogens with zero attached hydrogens (tertiary/aromatic N) is 2. The smallest absolute Gasteiger partial charge is 0.0760 e. The van der Waals surface area contributed by atoms with E-state index in [1.165, 1.54) is 42.5 Å². The van der Waals surface area contributed by atoms with Crippen molar-refractivity contribution in [2.45, 2.75) is 78.1 Å². The largest absolute Gasteiger partial charge is 0.389 e. The summed E-state index contributed by atoms with van der Waals surface area (Å²) in [6.07, 6.45) is 9.11. The summed E-state index contributed by atoms with van der Waals surface area (Å²) in [7, 11) is 1.95. The number of benzene rings is 2. The highest BCUT2D eigenvalue weighted by Crippen LogP contribution is 2.34. The minimum absolute atomic E-state index is 0.220. The summed E-state index contributed by atoms with van der Waals surface area (Å²) in [4.78, 5) is 0. The van der Waals surface area contributed by atoms with Crippen molar-refractivity contribution in [2.75, 3.05) is 25.5 Å². The van der Waals surface area contributed by atoms with E-state index in [0.29, 0.717) is 5.41 Å². The minimum Gasteiger partial charge on any atom is -0.389 e. The molecule has 1 aliphatic heterocycles. The van der Waals surface area contributed by atoms with Gasteiger partial charge in [0.25, 0.3) is 0 Å². The SMILES string of the molecule is C=C(CCCC(C)(CC)CC)NCCCCN1N=C(c2ccc(NC)cc2)C(c2ccccc2)CC1=C. The Labute approximate surface area is 225 Å². The lowest BCUT2D eigenvalue weighted by molar-refractivity contribution is 0.265. The number of hydrazone groups is 1. The van der Waals surface area contributed by atoms with E-state index in [2.05, 4.69) is 104 Å². The van der Waals surface area contributed by atoms with Crippen LogP contribution in [-0.2, 0) is 0 Å². The zero-order valence-electron chi connectivity index (χ0n) is 23.7. The molecule has 0 radical (unpaired) electrons. The molecule has 0 saturated carbocycles. The van der Waals surface area contributed by atoms with E-state index < -0.39 is 0 Å². The van der Waals surface area contributed by atoms with Gasteiger partial charge in [-0.3, -0.25) is 5.01 Å². The number of hydrogen-bond donors (Lipinski definition) is 2. The molecule has 0 bridgehead atoms. The Morgan fingerprint density at radius 2 is 1.73 bits per heavy atom. The number of nitrogens with one attached hydrogen (secondary N) is 2. The van der Waals surface area contributed by atoms with Gasteiger partial charge in [-0.25, -0.2) is 0 Å². The third-order valence-electron chi connectivity index (χ3n) is 8.17. The molecule has 2 aromatic carbocycles. The first kappa shape index (κ1) is 28.6. The topological polar surface area (TPSA) is 39.7 Å². The summed E-state index contributed by atoms with van der Waals surface area (Å²) in [6.45, 7) is 17.5. The van der Waals surface area contributed by atoms with Crippen LogP contribution < -0.4 is 10.6 Å². The Balaban J connectivity index is 1.55. The van der Waals surface area contributed by atoms with E-state index >= 15 is 0 Å².